The van der Waals surface area contributed by atoms with Crippen LogP contribution in [0.25, 0.3) is 22.2 Å². The highest BCUT2D eigenvalue weighted by atomic mass is 16.3. The molecule has 0 amide bonds. The van der Waals surface area contributed by atoms with Crippen LogP contribution in [0.1, 0.15) is 11.1 Å². The minimum absolute atomic E-state index is 0.357. The molecule has 24 heavy (non-hydrogen) atoms. The van der Waals surface area contributed by atoms with E-state index in [9.17, 15) is 5.11 Å². The van der Waals surface area contributed by atoms with Gasteiger partial charge in [-0.25, -0.2) is 0 Å². The van der Waals surface area contributed by atoms with Gasteiger partial charge in [-0.15, -0.1) is 0 Å². The summed E-state index contributed by atoms with van der Waals surface area (Å²) in [5.41, 5.74) is 5.32. The molecule has 2 heteroatoms. The minimum Gasteiger partial charge on any atom is -0.505 e. The van der Waals surface area contributed by atoms with Crippen LogP contribution in [0.3, 0.4) is 0 Å². The van der Waals surface area contributed by atoms with Crippen LogP contribution >= 0.6 is 0 Å². The zero-order valence-corrected chi connectivity index (χ0v) is 13.6. The summed E-state index contributed by atoms with van der Waals surface area (Å²) in [6, 6.07) is 26.7. The molecule has 0 spiro atoms. The summed E-state index contributed by atoms with van der Waals surface area (Å²) in [6.07, 6.45) is 0. The number of rotatable bonds is 3. The fourth-order valence-electron chi connectivity index (χ4n) is 3.27. The molecule has 1 heterocycles. The molecule has 0 bridgehead atoms. The molecular weight excluding hydrogens is 294 g/mol. The van der Waals surface area contributed by atoms with Crippen LogP contribution in [-0.2, 0) is 6.54 Å². The topological polar surface area (TPSA) is 25.2 Å². The van der Waals surface area contributed by atoms with Crippen LogP contribution in [0.5, 0.6) is 5.75 Å². The molecule has 0 saturated heterocycles. The molecule has 0 aliphatic heterocycles. The summed E-state index contributed by atoms with van der Waals surface area (Å²) in [7, 11) is 0. The average Bonchev–Trinajstić information content (AvgIpc) is 2.88. The van der Waals surface area contributed by atoms with Crippen molar-refractivity contribution in [1.29, 1.82) is 0 Å². The molecule has 118 valence electrons. The lowest BCUT2D eigenvalue weighted by molar-refractivity contribution is 0.481. The Morgan fingerprint density at radius 1 is 0.833 bits per heavy atom. The predicted molar refractivity (Wildman–Crippen MR) is 99.3 cm³/mol. The first-order chi connectivity index (χ1) is 11.7. The first kappa shape index (κ1) is 14.6. The fourth-order valence-corrected chi connectivity index (χ4v) is 3.27. The maximum atomic E-state index is 10.9. The van der Waals surface area contributed by atoms with E-state index in [0.717, 1.165) is 34.3 Å². The summed E-state index contributed by atoms with van der Waals surface area (Å²) < 4.78 is 2.20. The first-order valence-corrected chi connectivity index (χ1v) is 8.15. The zero-order chi connectivity index (χ0) is 16.5. The monoisotopic (exact) mass is 313 g/mol. The van der Waals surface area contributed by atoms with Gasteiger partial charge < -0.3 is 9.67 Å². The van der Waals surface area contributed by atoms with Crippen LogP contribution in [0.4, 0.5) is 0 Å². The van der Waals surface area contributed by atoms with Crippen molar-refractivity contribution in [2.24, 2.45) is 0 Å². The van der Waals surface area contributed by atoms with Gasteiger partial charge in [0.1, 0.15) is 5.75 Å². The van der Waals surface area contributed by atoms with Gasteiger partial charge in [0.05, 0.1) is 11.2 Å². The molecule has 0 atom stereocenters. The van der Waals surface area contributed by atoms with Gasteiger partial charge in [0.15, 0.2) is 0 Å². The van der Waals surface area contributed by atoms with E-state index in [-0.39, 0.29) is 0 Å². The minimum atomic E-state index is 0.357. The summed E-state index contributed by atoms with van der Waals surface area (Å²) in [5.74, 6) is 0.357. The van der Waals surface area contributed by atoms with Crippen LogP contribution in [-0.4, -0.2) is 9.67 Å². The van der Waals surface area contributed by atoms with Gasteiger partial charge in [0.25, 0.3) is 0 Å². The highest BCUT2D eigenvalue weighted by Crippen LogP contribution is 2.39. The Kier molecular flexibility index (Phi) is 3.58. The molecule has 1 aromatic heterocycles. The van der Waals surface area contributed by atoms with E-state index < -0.39 is 0 Å². The van der Waals surface area contributed by atoms with Crippen molar-refractivity contribution >= 4 is 10.9 Å². The maximum Gasteiger partial charge on any atom is 0.149 e. The van der Waals surface area contributed by atoms with Gasteiger partial charge in [-0.2, -0.15) is 0 Å². The van der Waals surface area contributed by atoms with Crippen molar-refractivity contribution in [2.75, 3.05) is 0 Å². The third kappa shape index (κ3) is 2.46. The number of benzene rings is 3. The standard InChI is InChI=1S/C22H19NO/c1-16-12-13-20-19(14-16)22(24)21(18-10-6-3-7-11-18)23(20)15-17-8-4-2-5-9-17/h2-14,24H,15H2,1H3. The molecule has 0 unspecified atom stereocenters. The van der Waals surface area contributed by atoms with Crippen molar-refractivity contribution in [3.8, 4) is 17.0 Å². The van der Waals surface area contributed by atoms with Gasteiger partial charge in [0, 0.05) is 17.5 Å². The van der Waals surface area contributed by atoms with E-state index in [1.807, 2.05) is 48.5 Å². The largest absolute Gasteiger partial charge is 0.505 e. The van der Waals surface area contributed by atoms with Crippen molar-refractivity contribution in [3.05, 3.63) is 90.0 Å². The second-order valence-corrected chi connectivity index (χ2v) is 6.16. The van der Waals surface area contributed by atoms with Gasteiger partial charge in [-0.3, -0.25) is 0 Å². The Morgan fingerprint density at radius 3 is 2.21 bits per heavy atom. The Bertz CT molecular complexity index is 985. The van der Waals surface area contributed by atoms with Crippen molar-refractivity contribution in [1.82, 2.24) is 4.57 Å². The van der Waals surface area contributed by atoms with Crippen LogP contribution in [0.2, 0.25) is 0 Å². The molecule has 1 N–H and O–H groups in total. The van der Waals surface area contributed by atoms with Crippen molar-refractivity contribution < 1.29 is 5.11 Å². The van der Waals surface area contributed by atoms with Gasteiger partial charge in [-0.05, 0) is 24.6 Å². The van der Waals surface area contributed by atoms with E-state index in [2.05, 4.69) is 41.8 Å². The molecule has 3 aromatic carbocycles. The Labute approximate surface area is 141 Å². The number of nitrogens with zero attached hydrogens (tertiary/aromatic N) is 1. The zero-order valence-electron chi connectivity index (χ0n) is 13.6. The lowest BCUT2D eigenvalue weighted by Crippen LogP contribution is -2.01. The lowest BCUT2D eigenvalue weighted by Gasteiger charge is -2.11. The molecule has 4 rings (SSSR count). The number of hydrogen-bond acceptors (Lipinski definition) is 1. The van der Waals surface area contributed by atoms with Crippen LogP contribution in [0, 0.1) is 6.92 Å². The van der Waals surface area contributed by atoms with Crippen LogP contribution in [0.15, 0.2) is 78.9 Å². The van der Waals surface area contributed by atoms with E-state index >= 15 is 0 Å². The van der Waals surface area contributed by atoms with Crippen molar-refractivity contribution in [2.45, 2.75) is 13.5 Å². The Hall–Kier alpha value is -3.00. The normalized spacial score (nSPS) is 11.0. The summed E-state index contributed by atoms with van der Waals surface area (Å²) in [6.45, 7) is 2.78. The number of aryl methyl sites for hydroxylation is 1. The number of hydrogen-bond donors (Lipinski definition) is 1. The summed E-state index contributed by atoms with van der Waals surface area (Å²) >= 11 is 0. The van der Waals surface area contributed by atoms with E-state index in [4.69, 9.17) is 0 Å². The molecule has 2 nitrogen and oxygen atoms in total. The SMILES string of the molecule is Cc1ccc2c(c1)c(O)c(-c1ccccc1)n2Cc1ccccc1. The van der Waals surface area contributed by atoms with Gasteiger partial charge in [-0.1, -0.05) is 72.3 Å². The maximum absolute atomic E-state index is 10.9. The van der Waals surface area contributed by atoms with Crippen LogP contribution < -0.4 is 0 Å². The fraction of sp³-hybridized carbons (Fsp3) is 0.0909. The quantitative estimate of drug-likeness (QED) is 0.540. The predicted octanol–water partition coefficient (Wildman–Crippen LogP) is 5.37. The smallest absolute Gasteiger partial charge is 0.149 e. The molecular formula is C22H19NO. The molecule has 0 aliphatic rings. The summed E-state index contributed by atoms with van der Waals surface area (Å²) in [5, 5.41) is 11.8. The van der Waals surface area contributed by atoms with Crippen molar-refractivity contribution in [3.63, 3.8) is 0 Å². The Balaban J connectivity index is 1.99. The highest BCUT2D eigenvalue weighted by molar-refractivity contribution is 5.95. The molecule has 0 fully saturated rings. The van der Waals surface area contributed by atoms with Gasteiger partial charge in [0.2, 0.25) is 0 Å². The molecule has 0 saturated carbocycles. The molecule has 0 aliphatic carbocycles. The van der Waals surface area contributed by atoms with E-state index in [0.29, 0.717) is 5.75 Å². The third-order valence-electron chi connectivity index (χ3n) is 4.42. The number of aromatic nitrogens is 1. The Morgan fingerprint density at radius 2 is 1.50 bits per heavy atom. The second kappa shape index (κ2) is 5.89. The third-order valence-corrected chi connectivity index (χ3v) is 4.42. The second-order valence-electron chi connectivity index (χ2n) is 6.16. The first-order valence-electron chi connectivity index (χ1n) is 8.15. The molecule has 4 aromatic rings. The van der Waals surface area contributed by atoms with E-state index in [1.54, 1.807) is 0 Å². The molecule has 0 radical (unpaired) electrons. The average molecular weight is 313 g/mol. The highest BCUT2D eigenvalue weighted by Gasteiger charge is 2.18. The number of aromatic hydroxyl groups is 1. The van der Waals surface area contributed by atoms with E-state index in [1.165, 1.54) is 5.56 Å². The van der Waals surface area contributed by atoms with Gasteiger partial charge >= 0.3 is 0 Å². The summed E-state index contributed by atoms with van der Waals surface area (Å²) in [4.78, 5) is 0. The number of fused-ring (bicyclic) bond motifs is 1. The lowest BCUT2D eigenvalue weighted by atomic mass is 10.1.